The Morgan fingerprint density at radius 2 is 1.93 bits per heavy atom. The quantitative estimate of drug-likeness (QED) is 0.817. The van der Waals surface area contributed by atoms with Crippen LogP contribution in [0.3, 0.4) is 0 Å². The van der Waals surface area contributed by atoms with Crippen molar-refractivity contribution in [2.45, 2.75) is 24.7 Å². The van der Waals surface area contributed by atoms with Crippen molar-refractivity contribution in [3.8, 4) is 0 Å². The van der Waals surface area contributed by atoms with Crippen molar-refractivity contribution in [3.63, 3.8) is 0 Å². The minimum Gasteiger partial charge on any atom is -0.225 e. The van der Waals surface area contributed by atoms with E-state index in [2.05, 4.69) is 0 Å². The summed E-state index contributed by atoms with van der Waals surface area (Å²) in [7, 11) is -3.76. The molecule has 1 aromatic rings. The molecule has 2 N–H and O–H groups in total. The Kier molecular flexibility index (Phi) is 2.92. The van der Waals surface area contributed by atoms with Crippen molar-refractivity contribution < 1.29 is 12.8 Å². The van der Waals surface area contributed by atoms with E-state index in [1.165, 1.54) is 12.1 Å². The summed E-state index contributed by atoms with van der Waals surface area (Å²) in [6.07, 6.45) is 0. The highest BCUT2D eigenvalue weighted by Gasteiger charge is 2.16. The number of primary sulfonamides is 1. The molecule has 14 heavy (non-hydrogen) atoms. The maximum atomic E-state index is 12.9. The lowest BCUT2D eigenvalue weighted by Gasteiger charge is -2.10. The Labute approximate surface area is 82.8 Å². The van der Waals surface area contributed by atoms with E-state index in [4.69, 9.17) is 5.14 Å². The second kappa shape index (κ2) is 3.67. The number of benzene rings is 1. The zero-order chi connectivity index (χ0) is 10.9. The van der Waals surface area contributed by atoms with Gasteiger partial charge in [-0.05, 0) is 29.7 Å². The van der Waals surface area contributed by atoms with Crippen LogP contribution in [0.15, 0.2) is 23.1 Å². The lowest BCUT2D eigenvalue weighted by molar-refractivity contribution is 0.592. The molecule has 0 aliphatic heterocycles. The number of halogens is 1. The second-order valence-electron chi connectivity index (χ2n) is 3.38. The Morgan fingerprint density at radius 1 is 1.36 bits per heavy atom. The molecule has 0 aliphatic rings. The molecule has 0 amide bonds. The molecule has 0 saturated carbocycles. The van der Waals surface area contributed by atoms with Crippen LogP contribution in [0.2, 0.25) is 0 Å². The summed E-state index contributed by atoms with van der Waals surface area (Å²) >= 11 is 0. The maximum absolute atomic E-state index is 12.9. The number of rotatable bonds is 2. The van der Waals surface area contributed by atoms with Crippen LogP contribution in [-0.2, 0) is 10.0 Å². The van der Waals surface area contributed by atoms with E-state index >= 15 is 0 Å². The summed E-state index contributed by atoms with van der Waals surface area (Å²) in [6, 6.07) is 3.48. The van der Waals surface area contributed by atoms with Crippen LogP contribution in [0.1, 0.15) is 25.3 Å². The zero-order valence-electron chi connectivity index (χ0n) is 7.99. The molecule has 1 rings (SSSR count). The number of hydrogen-bond donors (Lipinski definition) is 1. The van der Waals surface area contributed by atoms with Gasteiger partial charge in [0.1, 0.15) is 5.82 Å². The fourth-order valence-corrected chi connectivity index (χ4v) is 2.11. The van der Waals surface area contributed by atoms with E-state index < -0.39 is 15.8 Å². The molecule has 78 valence electrons. The summed E-state index contributed by atoms with van der Waals surface area (Å²) in [5.41, 5.74) is 0.410. The van der Waals surface area contributed by atoms with Gasteiger partial charge in [0.05, 0.1) is 4.90 Å². The third kappa shape index (κ3) is 2.30. The van der Waals surface area contributed by atoms with Crippen molar-refractivity contribution in [1.29, 1.82) is 0 Å². The molecular weight excluding hydrogens is 205 g/mol. The molecule has 0 unspecified atom stereocenters. The lowest BCUT2D eigenvalue weighted by Crippen LogP contribution is -2.15. The van der Waals surface area contributed by atoms with Gasteiger partial charge < -0.3 is 0 Å². The first-order valence-electron chi connectivity index (χ1n) is 4.14. The van der Waals surface area contributed by atoms with Crippen LogP contribution < -0.4 is 5.14 Å². The van der Waals surface area contributed by atoms with Gasteiger partial charge in [-0.1, -0.05) is 13.8 Å². The van der Waals surface area contributed by atoms with E-state index in [0.717, 1.165) is 6.07 Å². The average Bonchev–Trinajstić information content (AvgIpc) is 2.01. The predicted octanol–water partition coefficient (Wildman–Crippen LogP) is 1.60. The maximum Gasteiger partial charge on any atom is 0.238 e. The van der Waals surface area contributed by atoms with Crippen LogP contribution in [0.25, 0.3) is 0 Å². The first-order valence-corrected chi connectivity index (χ1v) is 5.69. The van der Waals surface area contributed by atoms with Crippen molar-refractivity contribution in [3.05, 3.63) is 29.6 Å². The monoisotopic (exact) mass is 217 g/mol. The molecule has 0 aromatic heterocycles. The molecule has 0 aliphatic carbocycles. The van der Waals surface area contributed by atoms with E-state index in [0.29, 0.717) is 5.56 Å². The van der Waals surface area contributed by atoms with Gasteiger partial charge in [-0.15, -0.1) is 0 Å². The third-order valence-corrected chi connectivity index (χ3v) is 2.89. The van der Waals surface area contributed by atoms with Gasteiger partial charge in [0.2, 0.25) is 10.0 Å². The molecule has 1 aromatic carbocycles. The third-order valence-electron chi connectivity index (χ3n) is 1.90. The minimum atomic E-state index is -3.76. The van der Waals surface area contributed by atoms with Crippen LogP contribution in [0.5, 0.6) is 0 Å². The van der Waals surface area contributed by atoms with Crippen molar-refractivity contribution >= 4 is 10.0 Å². The van der Waals surface area contributed by atoms with E-state index in [1.807, 2.05) is 0 Å². The average molecular weight is 217 g/mol. The minimum absolute atomic E-state index is 0.00565. The van der Waals surface area contributed by atoms with Crippen molar-refractivity contribution in [2.75, 3.05) is 0 Å². The molecule has 0 radical (unpaired) electrons. The van der Waals surface area contributed by atoms with Crippen molar-refractivity contribution in [2.24, 2.45) is 5.14 Å². The van der Waals surface area contributed by atoms with Crippen LogP contribution >= 0.6 is 0 Å². The SMILES string of the molecule is CC(C)c1cc(F)ccc1S(N)(=O)=O. The summed E-state index contributed by atoms with van der Waals surface area (Å²) < 4.78 is 35.1. The van der Waals surface area contributed by atoms with Gasteiger partial charge in [0.25, 0.3) is 0 Å². The zero-order valence-corrected chi connectivity index (χ0v) is 8.81. The Bertz CT molecular complexity index is 440. The number of hydrogen-bond acceptors (Lipinski definition) is 2. The molecule has 0 saturated heterocycles. The second-order valence-corrected chi connectivity index (χ2v) is 4.91. The van der Waals surface area contributed by atoms with Gasteiger partial charge in [0, 0.05) is 0 Å². The summed E-state index contributed by atoms with van der Waals surface area (Å²) in [5, 5.41) is 5.00. The predicted molar refractivity (Wildman–Crippen MR) is 51.9 cm³/mol. The number of sulfonamides is 1. The summed E-state index contributed by atoms with van der Waals surface area (Å²) in [6.45, 7) is 3.56. The number of nitrogens with two attached hydrogens (primary N) is 1. The van der Waals surface area contributed by atoms with E-state index in [-0.39, 0.29) is 10.8 Å². The highest BCUT2D eigenvalue weighted by molar-refractivity contribution is 7.89. The van der Waals surface area contributed by atoms with Gasteiger partial charge in [-0.3, -0.25) is 0 Å². The topological polar surface area (TPSA) is 60.2 Å². The van der Waals surface area contributed by atoms with Gasteiger partial charge in [-0.25, -0.2) is 17.9 Å². The molecule has 0 bridgehead atoms. The molecule has 0 atom stereocenters. The van der Waals surface area contributed by atoms with Gasteiger partial charge in [-0.2, -0.15) is 0 Å². The summed E-state index contributed by atoms with van der Waals surface area (Å²) in [5.74, 6) is -0.542. The smallest absolute Gasteiger partial charge is 0.225 e. The molecule has 0 spiro atoms. The Morgan fingerprint density at radius 3 is 2.36 bits per heavy atom. The fraction of sp³-hybridized carbons (Fsp3) is 0.333. The molecular formula is C9H12FNO2S. The largest absolute Gasteiger partial charge is 0.238 e. The Hall–Kier alpha value is -0.940. The normalized spacial score (nSPS) is 12.1. The van der Waals surface area contributed by atoms with Crippen LogP contribution in [0.4, 0.5) is 4.39 Å². The first-order chi connectivity index (χ1) is 6.32. The Balaban J connectivity index is 3.45. The highest BCUT2D eigenvalue weighted by atomic mass is 32.2. The van der Waals surface area contributed by atoms with E-state index in [1.54, 1.807) is 13.8 Å². The molecule has 0 heterocycles. The molecule has 3 nitrogen and oxygen atoms in total. The first kappa shape index (κ1) is 11.1. The van der Waals surface area contributed by atoms with Gasteiger partial charge in [0.15, 0.2) is 0 Å². The fourth-order valence-electron chi connectivity index (χ4n) is 1.23. The molecule has 0 fully saturated rings. The van der Waals surface area contributed by atoms with E-state index in [9.17, 15) is 12.8 Å². The standard InChI is InChI=1S/C9H12FNO2S/c1-6(2)8-5-7(10)3-4-9(8)14(11,12)13/h3-6H,1-2H3,(H2,11,12,13). The van der Waals surface area contributed by atoms with Gasteiger partial charge >= 0.3 is 0 Å². The summed E-state index contributed by atoms with van der Waals surface area (Å²) in [4.78, 5) is -0.00565. The van der Waals surface area contributed by atoms with Crippen LogP contribution in [0, 0.1) is 5.82 Å². The van der Waals surface area contributed by atoms with Crippen LogP contribution in [-0.4, -0.2) is 8.42 Å². The lowest BCUT2D eigenvalue weighted by atomic mass is 10.0. The van der Waals surface area contributed by atoms with Crippen molar-refractivity contribution in [1.82, 2.24) is 0 Å². The molecule has 5 heteroatoms. The highest BCUT2D eigenvalue weighted by Crippen LogP contribution is 2.23.